The zero-order valence-electron chi connectivity index (χ0n) is 11.2. The van der Waals surface area contributed by atoms with Crippen molar-refractivity contribution >= 4 is 5.91 Å². The largest absolute Gasteiger partial charge is 0.378 e. The summed E-state index contributed by atoms with van der Waals surface area (Å²) >= 11 is 0. The number of pyridine rings is 1. The number of rotatable bonds is 6. The maximum atomic E-state index is 11.8. The molecule has 2 heterocycles. The number of hydrogen-bond acceptors (Lipinski definition) is 4. The van der Waals surface area contributed by atoms with Crippen LogP contribution < -0.4 is 5.32 Å². The first kappa shape index (κ1) is 14.0. The van der Waals surface area contributed by atoms with E-state index >= 15 is 0 Å². The number of morpholine rings is 1. The van der Waals surface area contributed by atoms with Crippen molar-refractivity contribution < 1.29 is 9.53 Å². The van der Waals surface area contributed by atoms with Crippen molar-refractivity contribution in [1.82, 2.24) is 15.2 Å². The second-order valence-electron chi connectivity index (χ2n) is 4.56. The Morgan fingerprint density at radius 2 is 2.16 bits per heavy atom. The molecule has 19 heavy (non-hydrogen) atoms. The van der Waals surface area contributed by atoms with Crippen LogP contribution in [0.3, 0.4) is 0 Å². The number of amides is 1. The van der Waals surface area contributed by atoms with Crippen LogP contribution in [0.25, 0.3) is 0 Å². The average molecular weight is 263 g/mol. The first-order valence-corrected chi connectivity index (χ1v) is 6.82. The third kappa shape index (κ3) is 4.96. The summed E-state index contributed by atoms with van der Waals surface area (Å²) in [5.41, 5.74) is 1.08. The Labute approximate surface area is 114 Å². The molecular formula is C14H21N3O2. The van der Waals surface area contributed by atoms with Gasteiger partial charge < -0.3 is 15.0 Å². The smallest absolute Gasteiger partial charge is 0.224 e. The van der Waals surface area contributed by atoms with Crippen LogP contribution in [-0.4, -0.2) is 55.2 Å². The van der Waals surface area contributed by atoms with Gasteiger partial charge in [0.2, 0.25) is 5.91 Å². The summed E-state index contributed by atoms with van der Waals surface area (Å²) in [7, 11) is 0. The molecule has 1 fully saturated rings. The molecule has 1 saturated heterocycles. The molecule has 1 aliphatic rings. The van der Waals surface area contributed by atoms with E-state index in [9.17, 15) is 4.79 Å². The molecule has 0 bridgehead atoms. The second-order valence-corrected chi connectivity index (χ2v) is 4.56. The highest BCUT2D eigenvalue weighted by Crippen LogP contribution is 1.99. The number of carbonyl (C=O) groups excluding carboxylic acids is 1. The van der Waals surface area contributed by atoms with E-state index in [1.807, 2.05) is 23.1 Å². The maximum absolute atomic E-state index is 11.8. The highest BCUT2D eigenvalue weighted by Gasteiger charge is 2.15. The molecule has 0 unspecified atom stereocenters. The first-order chi connectivity index (χ1) is 9.36. The van der Waals surface area contributed by atoms with Crippen LogP contribution in [0.1, 0.15) is 12.1 Å². The molecular weight excluding hydrogens is 242 g/mol. The lowest BCUT2D eigenvalue weighted by Gasteiger charge is -2.26. The standard InChI is InChI=1S/C14H21N3O2/c18-14(17-9-11-19-12-10-17)5-8-15-7-4-13-3-1-2-6-16-13/h1-3,6,15H,4-5,7-12H2. The number of nitrogens with zero attached hydrogens (tertiary/aromatic N) is 2. The number of aromatic nitrogens is 1. The Morgan fingerprint density at radius 1 is 1.32 bits per heavy atom. The zero-order valence-corrected chi connectivity index (χ0v) is 11.2. The molecule has 1 amide bonds. The lowest BCUT2D eigenvalue weighted by molar-refractivity contribution is -0.135. The average Bonchev–Trinajstić information content (AvgIpc) is 2.49. The quantitative estimate of drug-likeness (QED) is 0.758. The van der Waals surface area contributed by atoms with E-state index in [4.69, 9.17) is 4.74 Å². The number of carbonyl (C=O) groups is 1. The predicted molar refractivity (Wildman–Crippen MR) is 72.8 cm³/mol. The van der Waals surface area contributed by atoms with Crippen molar-refractivity contribution in [3.63, 3.8) is 0 Å². The van der Waals surface area contributed by atoms with Crippen molar-refractivity contribution in [1.29, 1.82) is 0 Å². The second kappa shape index (κ2) is 7.86. The zero-order chi connectivity index (χ0) is 13.3. The van der Waals surface area contributed by atoms with Gasteiger partial charge in [-0.2, -0.15) is 0 Å². The Balaban J connectivity index is 1.55. The summed E-state index contributed by atoms with van der Waals surface area (Å²) in [6.45, 7) is 4.37. The predicted octanol–water partition coefficient (Wildman–Crippen LogP) is 0.463. The summed E-state index contributed by atoms with van der Waals surface area (Å²) in [6.07, 6.45) is 3.26. The van der Waals surface area contributed by atoms with Gasteiger partial charge in [0.15, 0.2) is 0 Å². The third-order valence-electron chi connectivity index (χ3n) is 3.16. The van der Waals surface area contributed by atoms with Gasteiger partial charge in [-0.05, 0) is 12.1 Å². The normalized spacial score (nSPS) is 15.5. The van der Waals surface area contributed by atoms with Crippen molar-refractivity contribution in [2.24, 2.45) is 0 Å². The van der Waals surface area contributed by atoms with E-state index in [1.165, 1.54) is 0 Å². The minimum absolute atomic E-state index is 0.216. The fraction of sp³-hybridized carbons (Fsp3) is 0.571. The Morgan fingerprint density at radius 3 is 2.89 bits per heavy atom. The van der Waals surface area contributed by atoms with Gasteiger partial charge in [-0.1, -0.05) is 6.07 Å². The summed E-state index contributed by atoms with van der Waals surface area (Å²) in [5, 5.41) is 3.29. The van der Waals surface area contributed by atoms with Crippen LogP contribution in [0.2, 0.25) is 0 Å². The van der Waals surface area contributed by atoms with Crippen molar-refractivity contribution in [3.8, 4) is 0 Å². The minimum Gasteiger partial charge on any atom is -0.378 e. The van der Waals surface area contributed by atoms with Gasteiger partial charge >= 0.3 is 0 Å². The van der Waals surface area contributed by atoms with Gasteiger partial charge in [-0.25, -0.2) is 0 Å². The number of ether oxygens (including phenoxy) is 1. The van der Waals surface area contributed by atoms with E-state index in [-0.39, 0.29) is 5.91 Å². The number of nitrogens with one attached hydrogen (secondary N) is 1. The highest BCUT2D eigenvalue weighted by atomic mass is 16.5. The van der Waals surface area contributed by atoms with E-state index in [1.54, 1.807) is 6.20 Å². The number of hydrogen-bond donors (Lipinski definition) is 1. The Kier molecular flexibility index (Phi) is 5.78. The Hall–Kier alpha value is -1.46. The van der Waals surface area contributed by atoms with Gasteiger partial charge in [0.05, 0.1) is 13.2 Å². The van der Waals surface area contributed by atoms with E-state index in [0.717, 1.165) is 38.3 Å². The van der Waals surface area contributed by atoms with Crippen LogP contribution >= 0.6 is 0 Å². The van der Waals surface area contributed by atoms with Crippen molar-refractivity contribution in [2.75, 3.05) is 39.4 Å². The van der Waals surface area contributed by atoms with E-state index < -0.39 is 0 Å². The molecule has 0 spiro atoms. The van der Waals surface area contributed by atoms with Crippen molar-refractivity contribution in [2.45, 2.75) is 12.8 Å². The summed E-state index contributed by atoms with van der Waals surface area (Å²) < 4.78 is 5.23. The molecule has 1 aliphatic heterocycles. The molecule has 1 N–H and O–H groups in total. The molecule has 5 heteroatoms. The fourth-order valence-electron chi connectivity index (χ4n) is 2.05. The highest BCUT2D eigenvalue weighted by molar-refractivity contribution is 5.76. The van der Waals surface area contributed by atoms with Crippen LogP contribution in [0.5, 0.6) is 0 Å². The molecule has 0 aliphatic carbocycles. The molecule has 2 rings (SSSR count). The third-order valence-corrected chi connectivity index (χ3v) is 3.16. The molecule has 0 atom stereocenters. The molecule has 104 valence electrons. The van der Waals surface area contributed by atoms with Gasteiger partial charge in [-0.3, -0.25) is 9.78 Å². The van der Waals surface area contributed by atoms with Crippen LogP contribution in [0.4, 0.5) is 0 Å². The first-order valence-electron chi connectivity index (χ1n) is 6.82. The minimum atomic E-state index is 0.216. The summed E-state index contributed by atoms with van der Waals surface area (Å²) in [4.78, 5) is 18.0. The fourth-order valence-corrected chi connectivity index (χ4v) is 2.05. The maximum Gasteiger partial charge on any atom is 0.224 e. The van der Waals surface area contributed by atoms with Gasteiger partial charge in [0.1, 0.15) is 0 Å². The van der Waals surface area contributed by atoms with Crippen molar-refractivity contribution in [3.05, 3.63) is 30.1 Å². The molecule has 5 nitrogen and oxygen atoms in total. The van der Waals surface area contributed by atoms with Gasteiger partial charge in [0.25, 0.3) is 0 Å². The molecule has 0 radical (unpaired) electrons. The van der Waals surface area contributed by atoms with Crippen LogP contribution in [-0.2, 0) is 16.0 Å². The van der Waals surface area contributed by atoms with E-state index in [0.29, 0.717) is 19.6 Å². The van der Waals surface area contributed by atoms with Crippen LogP contribution in [0.15, 0.2) is 24.4 Å². The molecule has 0 saturated carbocycles. The molecule has 0 aromatic carbocycles. The monoisotopic (exact) mass is 263 g/mol. The molecule has 1 aromatic heterocycles. The lowest BCUT2D eigenvalue weighted by Crippen LogP contribution is -2.41. The topological polar surface area (TPSA) is 54.5 Å². The van der Waals surface area contributed by atoms with Gasteiger partial charge in [0, 0.05) is 50.9 Å². The Bertz CT molecular complexity index is 378. The van der Waals surface area contributed by atoms with Crippen LogP contribution in [0, 0.1) is 0 Å². The molecule has 1 aromatic rings. The van der Waals surface area contributed by atoms with Gasteiger partial charge in [-0.15, -0.1) is 0 Å². The van der Waals surface area contributed by atoms with E-state index in [2.05, 4.69) is 10.3 Å². The summed E-state index contributed by atoms with van der Waals surface area (Å²) in [6, 6.07) is 5.92. The summed E-state index contributed by atoms with van der Waals surface area (Å²) in [5.74, 6) is 0.216. The SMILES string of the molecule is O=C(CCNCCc1ccccn1)N1CCOCC1. The lowest BCUT2D eigenvalue weighted by atomic mass is 10.2.